The number of carbonyl (C=O) groups excluding carboxylic acids is 1. The molecule has 4 heterocycles. The molecule has 0 spiro atoms. The van der Waals surface area contributed by atoms with Gasteiger partial charge in [0.15, 0.2) is 0 Å². The van der Waals surface area contributed by atoms with Crippen LogP contribution in [0.2, 0.25) is 0 Å². The Morgan fingerprint density at radius 2 is 2.11 bits per heavy atom. The van der Waals surface area contributed by atoms with E-state index in [9.17, 15) is 4.79 Å². The van der Waals surface area contributed by atoms with Gasteiger partial charge in [-0.3, -0.25) is 9.69 Å². The van der Waals surface area contributed by atoms with Crippen LogP contribution in [0.25, 0.3) is 11.5 Å². The first-order valence-electron chi connectivity index (χ1n) is 9.15. The summed E-state index contributed by atoms with van der Waals surface area (Å²) in [5.74, 6) is 1.22. The fourth-order valence-corrected chi connectivity index (χ4v) is 4.61. The molecule has 0 aromatic carbocycles. The number of rotatable bonds is 6. The number of carbonyl (C=O) groups is 1. The van der Waals surface area contributed by atoms with Crippen molar-refractivity contribution in [3.8, 4) is 11.5 Å². The first-order valence-corrected chi connectivity index (χ1v) is 11.0. The molecule has 0 bridgehead atoms. The minimum atomic E-state index is 0.170. The van der Waals surface area contributed by atoms with Gasteiger partial charge in [0.2, 0.25) is 17.7 Å². The molecule has 0 aliphatic carbocycles. The van der Waals surface area contributed by atoms with Crippen molar-refractivity contribution in [3.63, 3.8) is 0 Å². The Morgan fingerprint density at radius 1 is 1.15 bits per heavy atom. The quantitative estimate of drug-likeness (QED) is 0.631. The molecule has 1 aliphatic heterocycles. The maximum absolute atomic E-state index is 12.6. The molecule has 3 aromatic heterocycles. The minimum absolute atomic E-state index is 0.170. The minimum Gasteiger partial charge on any atom is -0.421 e. The van der Waals surface area contributed by atoms with Crippen molar-refractivity contribution in [2.24, 2.45) is 0 Å². The van der Waals surface area contributed by atoms with E-state index in [1.54, 1.807) is 22.7 Å². The molecule has 8 heteroatoms. The number of hydrogen-bond donors (Lipinski definition) is 0. The summed E-state index contributed by atoms with van der Waals surface area (Å²) in [7, 11) is 0. The molecule has 1 saturated heterocycles. The van der Waals surface area contributed by atoms with E-state index >= 15 is 0 Å². The highest BCUT2D eigenvalue weighted by Crippen LogP contribution is 2.21. The van der Waals surface area contributed by atoms with Crippen LogP contribution in [0.1, 0.15) is 23.6 Å². The number of aryl methyl sites for hydroxylation is 1. The molecule has 4 rings (SSSR count). The lowest BCUT2D eigenvalue weighted by Gasteiger charge is -2.21. The summed E-state index contributed by atoms with van der Waals surface area (Å²) in [4.78, 5) is 18.4. The summed E-state index contributed by atoms with van der Waals surface area (Å²) in [6.45, 7) is 4.55. The van der Waals surface area contributed by atoms with E-state index in [0.29, 0.717) is 24.6 Å². The Kier molecular flexibility index (Phi) is 5.96. The SMILES string of the molecule is O=C(CCc1nnc(-c2ccsc2)o1)N1CCCN(Cc2cccs2)CC1. The van der Waals surface area contributed by atoms with Gasteiger partial charge in [0.1, 0.15) is 0 Å². The van der Waals surface area contributed by atoms with Crippen LogP contribution in [-0.2, 0) is 17.8 Å². The van der Waals surface area contributed by atoms with Gasteiger partial charge < -0.3 is 9.32 Å². The highest BCUT2D eigenvalue weighted by Gasteiger charge is 2.20. The molecule has 3 aromatic rings. The standard InChI is InChI=1S/C19H22N4O2S2/c24-18(5-4-17-20-21-19(25-17)15-6-12-26-14-15)23-8-2-7-22(9-10-23)13-16-3-1-11-27-16/h1,3,6,11-12,14H,2,4-5,7-10,13H2. The molecule has 27 heavy (non-hydrogen) atoms. The maximum atomic E-state index is 12.6. The molecule has 0 radical (unpaired) electrons. The zero-order valence-corrected chi connectivity index (χ0v) is 16.7. The van der Waals surface area contributed by atoms with Crippen LogP contribution in [-0.4, -0.2) is 52.1 Å². The molecular weight excluding hydrogens is 380 g/mol. The van der Waals surface area contributed by atoms with Crippen molar-refractivity contribution in [2.75, 3.05) is 26.2 Å². The lowest BCUT2D eigenvalue weighted by Crippen LogP contribution is -2.35. The van der Waals surface area contributed by atoms with Crippen LogP contribution < -0.4 is 0 Å². The Morgan fingerprint density at radius 3 is 2.93 bits per heavy atom. The van der Waals surface area contributed by atoms with Crippen LogP contribution in [0.4, 0.5) is 0 Å². The van der Waals surface area contributed by atoms with E-state index in [4.69, 9.17) is 4.42 Å². The highest BCUT2D eigenvalue weighted by molar-refractivity contribution is 7.09. The predicted octanol–water partition coefficient (Wildman–Crippen LogP) is 3.53. The van der Waals surface area contributed by atoms with Gasteiger partial charge in [0, 0.05) is 61.4 Å². The molecule has 142 valence electrons. The zero-order chi connectivity index (χ0) is 18.5. The monoisotopic (exact) mass is 402 g/mol. The smallest absolute Gasteiger partial charge is 0.248 e. The van der Waals surface area contributed by atoms with Gasteiger partial charge in [-0.25, -0.2) is 0 Å². The van der Waals surface area contributed by atoms with E-state index in [0.717, 1.165) is 44.7 Å². The molecular formula is C19H22N4O2S2. The van der Waals surface area contributed by atoms with E-state index in [1.807, 2.05) is 21.7 Å². The van der Waals surface area contributed by atoms with Crippen LogP contribution in [0.3, 0.4) is 0 Å². The van der Waals surface area contributed by atoms with Crippen molar-refractivity contribution in [1.82, 2.24) is 20.0 Å². The third-order valence-corrected chi connectivity index (χ3v) is 6.23. The van der Waals surface area contributed by atoms with Gasteiger partial charge in [-0.15, -0.1) is 21.5 Å². The summed E-state index contributed by atoms with van der Waals surface area (Å²) in [6.07, 6.45) is 1.92. The van der Waals surface area contributed by atoms with Crippen LogP contribution in [0.15, 0.2) is 38.8 Å². The second-order valence-corrected chi connectivity index (χ2v) is 8.42. The summed E-state index contributed by atoms with van der Waals surface area (Å²) >= 11 is 3.38. The van der Waals surface area contributed by atoms with Gasteiger partial charge in [0.05, 0.1) is 0 Å². The van der Waals surface area contributed by atoms with Crippen molar-refractivity contribution in [3.05, 3.63) is 45.1 Å². The summed E-state index contributed by atoms with van der Waals surface area (Å²) in [6, 6.07) is 6.22. The van der Waals surface area contributed by atoms with E-state index < -0.39 is 0 Å². The summed E-state index contributed by atoms with van der Waals surface area (Å²) < 4.78 is 5.67. The first kappa shape index (κ1) is 18.3. The zero-order valence-electron chi connectivity index (χ0n) is 15.0. The first-order chi connectivity index (χ1) is 13.3. The maximum Gasteiger partial charge on any atom is 0.248 e. The fraction of sp³-hybridized carbons (Fsp3) is 0.421. The average molecular weight is 403 g/mol. The number of aromatic nitrogens is 2. The highest BCUT2D eigenvalue weighted by atomic mass is 32.1. The van der Waals surface area contributed by atoms with Crippen molar-refractivity contribution < 1.29 is 9.21 Å². The Bertz CT molecular complexity index is 845. The van der Waals surface area contributed by atoms with Crippen LogP contribution in [0, 0.1) is 0 Å². The van der Waals surface area contributed by atoms with E-state index in [-0.39, 0.29) is 5.91 Å². The summed E-state index contributed by atoms with van der Waals surface area (Å²) in [5.41, 5.74) is 0.934. The number of nitrogens with zero attached hydrogens (tertiary/aromatic N) is 4. The van der Waals surface area contributed by atoms with Gasteiger partial charge >= 0.3 is 0 Å². The molecule has 0 N–H and O–H groups in total. The number of hydrogen-bond acceptors (Lipinski definition) is 7. The lowest BCUT2D eigenvalue weighted by atomic mass is 10.2. The third kappa shape index (κ3) is 4.82. The normalized spacial score (nSPS) is 15.8. The third-order valence-electron chi connectivity index (χ3n) is 4.69. The van der Waals surface area contributed by atoms with E-state index in [1.165, 1.54) is 4.88 Å². The lowest BCUT2D eigenvalue weighted by molar-refractivity contribution is -0.131. The fourth-order valence-electron chi connectivity index (χ4n) is 3.23. The van der Waals surface area contributed by atoms with Crippen LogP contribution in [0.5, 0.6) is 0 Å². The Hall–Kier alpha value is -2.03. The molecule has 1 aliphatic rings. The average Bonchev–Trinajstić information content (AvgIpc) is 3.41. The second-order valence-electron chi connectivity index (χ2n) is 6.60. The van der Waals surface area contributed by atoms with Gasteiger partial charge in [-0.2, -0.15) is 11.3 Å². The largest absolute Gasteiger partial charge is 0.421 e. The molecule has 0 atom stereocenters. The predicted molar refractivity (Wildman–Crippen MR) is 107 cm³/mol. The topological polar surface area (TPSA) is 62.5 Å². The van der Waals surface area contributed by atoms with E-state index in [2.05, 4.69) is 32.6 Å². The summed E-state index contributed by atoms with van der Waals surface area (Å²) in [5, 5.41) is 14.2. The number of thiophene rings is 2. The molecule has 0 unspecified atom stereocenters. The van der Waals surface area contributed by atoms with Gasteiger partial charge in [-0.1, -0.05) is 6.07 Å². The number of amides is 1. The van der Waals surface area contributed by atoms with Crippen LogP contribution >= 0.6 is 22.7 Å². The van der Waals surface area contributed by atoms with Gasteiger partial charge in [0.25, 0.3) is 0 Å². The Balaban J connectivity index is 1.26. The molecule has 1 amide bonds. The molecule has 1 fully saturated rings. The molecule has 0 saturated carbocycles. The molecule has 6 nitrogen and oxygen atoms in total. The van der Waals surface area contributed by atoms with Crippen molar-refractivity contribution in [2.45, 2.75) is 25.8 Å². The van der Waals surface area contributed by atoms with Gasteiger partial charge in [-0.05, 0) is 29.3 Å². The van der Waals surface area contributed by atoms with Crippen molar-refractivity contribution in [1.29, 1.82) is 0 Å². The second kappa shape index (κ2) is 8.77. The Labute approximate surface area is 166 Å². The van der Waals surface area contributed by atoms with Crippen molar-refractivity contribution >= 4 is 28.6 Å².